The zero-order valence-electron chi connectivity index (χ0n) is 12.6. The van der Waals surface area contributed by atoms with Gasteiger partial charge in [0.2, 0.25) is 0 Å². The molecule has 20 heavy (non-hydrogen) atoms. The van der Waals surface area contributed by atoms with E-state index in [1.165, 1.54) is 16.9 Å². The third-order valence-corrected chi connectivity index (χ3v) is 3.29. The Hall–Kier alpha value is -1.96. The normalized spacial score (nSPS) is 10.6. The van der Waals surface area contributed by atoms with Crippen molar-refractivity contribution in [1.82, 2.24) is 0 Å². The molecule has 0 bridgehead atoms. The Labute approximate surface area is 122 Å². The van der Waals surface area contributed by atoms with Gasteiger partial charge < -0.3 is 10.2 Å². The number of benzene rings is 2. The highest BCUT2D eigenvalue weighted by Gasteiger charge is 2.05. The van der Waals surface area contributed by atoms with E-state index < -0.39 is 0 Å². The smallest absolute Gasteiger partial charge is 0.0429 e. The Morgan fingerprint density at radius 1 is 0.950 bits per heavy atom. The lowest BCUT2D eigenvalue weighted by Crippen LogP contribution is -2.21. The molecule has 106 valence electrons. The van der Waals surface area contributed by atoms with E-state index >= 15 is 0 Å². The fourth-order valence-corrected chi connectivity index (χ4v) is 2.29. The van der Waals surface area contributed by atoms with E-state index in [0.717, 1.165) is 13.1 Å². The molecule has 0 spiro atoms. The predicted molar refractivity (Wildman–Crippen MR) is 88.4 cm³/mol. The lowest BCUT2D eigenvalue weighted by molar-refractivity contribution is 0.831. The minimum Gasteiger partial charge on any atom is -0.383 e. The topological polar surface area (TPSA) is 15.3 Å². The van der Waals surface area contributed by atoms with Crippen LogP contribution in [0.25, 0.3) is 0 Å². The summed E-state index contributed by atoms with van der Waals surface area (Å²) in [6.07, 6.45) is 0. The van der Waals surface area contributed by atoms with Crippen LogP contribution in [-0.4, -0.2) is 12.6 Å². The monoisotopic (exact) mass is 268 g/mol. The fraction of sp³-hybridized carbons (Fsp3) is 0.333. The van der Waals surface area contributed by atoms with Crippen LogP contribution in [0.3, 0.4) is 0 Å². The molecule has 0 amide bonds. The molecule has 0 fully saturated rings. The third-order valence-electron chi connectivity index (χ3n) is 3.29. The van der Waals surface area contributed by atoms with Crippen LogP contribution in [-0.2, 0) is 6.54 Å². The molecule has 2 aromatic carbocycles. The highest BCUT2D eigenvalue weighted by molar-refractivity contribution is 5.55. The number of hydrogen-bond acceptors (Lipinski definition) is 2. The molecule has 0 aliphatic heterocycles. The Morgan fingerprint density at radius 3 is 2.15 bits per heavy atom. The van der Waals surface area contributed by atoms with Crippen LogP contribution in [0.4, 0.5) is 11.4 Å². The minimum atomic E-state index is 0.465. The van der Waals surface area contributed by atoms with Gasteiger partial charge in [-0.3, -0.25) is 0 Å². The highest BCUT2D eigenvalue weighted by atomic mass is 15.1. The molecule has 0 aromatic heterocycles. The minimum absolute atomic E-state index is 0.465. The first-order valence-corrected chi connectivity index (χ1v) is 7.34. The molecule has 0 heterocycles. The van der Waals surface area contributed by atoms with E-state index in [2.05, 4.69) is 85.6 Å². The molecule has 2 rings (SSSR count). The van der Waals surface area contributed by atoms with Crippen LogP contribution < -0.4 is 10.2 Å². The van der Waals surface area contributed by atoms with Gasteiger partial charge in [-0.25, -0.2) is 0 Å². The van der Waals surface area contributed by atoms with E-state index in [0.29, 0.717) is 6.04 Å². The van der Waals surface area contributed by atoms with Crippen molar-refractivity contribution in [3.05, 3.63) is 60.2 Å². The largest absolute Gasteiger partial charge is 0.383 e. The second-order valence-electron chi connectivity index (χ2n) is 5.35. The van der Waals surface area contributed by atoms with Crippen molar-refractivity contribution in [1.29, 1.82) is 0 Å². The summed E-state index contributed by atoms with van der Waals surface area (Å²) in [5, 5.41) is 3.42. The summed E-state index contributed by atoms with van der Waals surface area (Å²) in [6.45, 7) is 8.46. The Morgan fingerprint density at radius 2 is 1.60 bits per heavy atom. The number of anilines is 2. The molecule has 2 nitrogen and oxygen atoms in total. The molecule has 0 aliphatic rings. The van der Waals surface area contributed by atoms with Crippen LogP contribution in [0.1, 0.15) is 26.3 Å². The lowest BCUT2D eigenvalue weighted by Gasteiger charge is -2.23. The van der Waals surface area contributed by atoms with E-state index in [-0.39, 0.29) is 0 Å². The van der Waals surface area contributed by atoms with Crippen LogP contribution in [0.15, 0.2) is 54.6 Å². The van der Waals surface area contributed by atoms with Crippen LogP contribution >= 0.6 is 0 Å². The first kappa shape index (κ1) is 14.4. The van der Waals surface area contributed by atoms with Gasteiger partial charge in [-0.05, 0) is 50.6 Å². The number of nitrogens with zero attached hydrogens (tertiary/aromatic N) is 1. The van der Waals surface area contributed by atoms with Gasteiger partial charge >= 0.3 is 0 Å². The van der Waals surface area contributed by atoms with E-state index in [4.69, 9.17) is 0 Å². The molecule has 0 aliphatic carbocycles. The van der Waals surface area contributed by atoms with Gasteiger partial charge in [0.15, 0.2) is 0 Å². The molecule has 0 radical (unpaired) electrons. The SMILES string of the molecule is CCN(Cc1ccccc1)c1ccc(NC(C)C)cc1. The number of hydrogen-bond donors (Lipinski definition) is 1. The number of nitrogens with one attached hydrogen (secondary N) is 1. The Bertz CT molecular complexity index is 503. The lowest BCUT2D eigenvalue weighted by atomic mass is 10.2. The van der Waals surface area contributed by atoms with Gasteiger partial charge in [-0.15, -0.1) is 0 Å². The Balaban J connectivity index is 2.07. The third kappa shape index (κ3) is 4.02. The van der Waals surface area contributed by atoms with Crippen LogP contribution in [0.2, 0.25) is 0 Å². The molecule has 0 saturated heterocycles. The second kappa shape index (κ2) is 6.99. The summed E-state index contributed by atoms with van der Waals surface area (Å²) in [6, 6.07) is 19.8. The van der Waals surface area contributed by atoms with Crippen LogP contribution in [0, 0.1) is 0 Å². The van der Waals surface area contributed by atoms with Crippen molar-refractivity contribution in [2.24, 2.45) is 0 Å². The van der Waals surface area contributed by atoms with E-state index in [9.17, 15) is 0 Å². The number of rotatable bonds is 6. The second-order valence-corrected chi connectivity index (χ2v) is 5.35. The maximum Gasteiger partial charge on any atom is 0.0429 e. The highest BCUT2D eigenvalue weighted by Crippen LogP contribution is 2.20. The molecule has 0 unspecified atom stereocenters. The van der Waals surface area contributed by atoms with Crippen molar-refractivity contribution < 1.29 is 0 Å². The van der Waals surface area contributed by atoms with Crippen molar-refractivity contribution in [3.8, 4) is 0 Å². The fourth-order valence-electron chi connectivity index (χ4n) is 2.29. The van der Waals surface area contributed by atoms with Gasteiger partial charge in [0.25, 0.3) is 0 Å². The van der Waals surface area contributed by atoms with E-state index in [1.54, 1.807) is 0 Å². The van der Waals surface area contributed by atoms with Crippen LogP contribution in [0.5, 0.6) is 0 Å². The molecular weight excluding hydrogens is 244 g/mol. The Kier molecular flexibility index (Phi) is 5.05. The van der Waals surface area contributed by atoms with Crippen molar-refractivity contribution in [2.75, 3.05) is 16.8 Å². The predicted octanol–water partition coefficient (Wildman–Crippen LogP) is 4.53. The van der Waals surface area contributed by atoms with E-state index in [1.807, 2.05) is 0 Å². The zero-order valence-corrected chi connectivity index (χ0v) is 12.6. The first-order valence-electron chi connectivity index (χ1n) is 7.34. The molecular formula is C18H24N2. The average molecular weight is 268 g/mol. The molecule has 1 N–H and O–H groups in total. The van der Waals surface area contributed by atoms with Gasteiger partial charge in [0.1, 0.15) is 0 Å². The molecule has 0 saturated carbocycles. The molecule has 2 aromatic rings. The van der Waals surface area contributed by atoms with Gasteiger partial charge in [-0.1, -0.05) is 30.3 Å². The van der Waals surface area contributed by atoms with Crippen molar-refractivity contribution >= 4 is 11.4 Å². The summed E-state index contributed by atoms with van der Waals surface area (Å²) in [4.78, 5) is 2.38. The van der Waals surface area contributed by atoms with Gasteiger partial charge in [-0.2, -0.15) is 0 Å². The molecule has 2 heteroatoms. The zero-order chi connectivity index (χ0) is 14.4. The van der Waals surface area contributed by atoms with Crippen molar-refractivity contribution in [2.45, 2.75) is 33.4 Å². The van der Waals surface area contributed by atoms with Gasteiger partial charge in [0, 0.05) is 30.5 Å². The average Bonchev–Trinajstić information content (AvgIpc) is 2.46. The maximum absolute atomic E-state index is 3.42. The van der Waals surface area contributed by atoms with Gasteiger partial charge in [0.05, 0.1) is 0 Å². The molecule has 0 atom stereocenters. The summed E-state index contributed by atoms with van der Waals surface area (Å²) in [5.74, 6) is 0. The summed E-state index contributed by atoms with van der Waals surface area (Å²) in [7, 11) is 0. The quantitative estimate of drug-likeness (QED) is 0.828. The summed E-state index contributed by atoms with van der Waals surface area (Å²) >= 11 is 0. The van der Waals surface area contributed by atoms with Crippen molar-refractivity contribution in [3.63, 3.8) is 0 Å². The maximum atomic E-state index is 3.42. The first-order chi connectivity index (χ1) is 9.69. The summed E-state index contributed by atoms with van der Waals surface area (Å²) in [5.41, 5.74) is 3.80. The standard InChI is InChI=1S/C18H24N2/c1-4-20(14-16-8-6-5-7-9-16)18-12-10-17(11-13-18)19-15(2)3/h5-13,15,19H,4,14H2,1-3H3. The summed E-state index contributed by atoms with van der Waals surface area (Å²) < 4.78 is 0.